The van der Waals surface area contributed by atoms with E-state index in [1.807, 2.05) is 53.4 Å². The summed E-state index contributed by atoms with van der Waals surface area (Å²) < 4.78 is 30.7. The Morgan fingerprint density at radius 3 is 2.20 bits per heavy atom. The van der Waals surface area contributed by atoms with Crippen LogP contribution < -0.4 is 9.64 Å². The Balaban J connectivity index is 1.22. The number of thiazole rings is 1. The summed E-state index contributed by atoms with van der Waals surface area (Å²) in [6, 6.07) is 20.5. The number of hydrogen-bond donors (Lipinski definition) is 0. The van der Waals surface area contributed by atoms with Crippen LogP contribution in [0.4, 0.5) is 5.13 Å². The van der Waals surface area contributed by atoms with Gasteiger partial charge in [0.2, 0.25) is 5.91 Å². The molecule has 2 aliphatic heterocycles. The Morgan fingerprint density at radius 1 is 0.943 bits per heavy atom. The van der Waals surface area contributed by atoms with Gasteiger partial charge in [-0.15, -0.1) is 0 Å². The van der Waals surface area contributed by atoms with E-state index in [2.05, 4.69) is 4.90 Å². The Kier molecular flexibility index (Phi) is 5.26. The largest absolute Gasteiger partial charge is 0.457 e. The molecule has 0 N–H and O–H groups in total. The highest BCUT2D eigenvalue weighted by Gasteiger charge is 2.36. The summed E-state index contributed by atoms with van der Waals surface area (Å²) >= 11 is 1.48. The molecule has 2 aliphatic rings. The van der Waals surface area contributed by atoms with Gasteiger partial charge in [-0.2, -0.15) is 0 Å². The van der Waals surface area contributed by atoms with E-state index in [0.29, 0.717) is 31.1 Å². The lowest BCUT2D eigenvalue weighted by Crippen LogP contribution is -2.50. The third-order valence-electron chi connectivity index (χ3n) is 6.57. The lowest BCUT2D eigenvalue weighted by Gasteiger charge is -2.37. The Bertz CT molecular complexity index is 1510. The number of fused-ring (bicyclic) bond motifs is 3. The molecule has 178 valence electrons. The Hall–Kier alpha value is -3.43. The molecule has 1 saturated heterocycles. The maximum absolute atomic E-state index is 13.8. The zero-order valence-electron chi connectivity index (χ0n) is 19.0. The predicted molar refractivity (Wildman–Crippen MR) is 136 cm³/mol. The van der Waals surface area contributed by atoms with Gasteiger partial charge < -0.3 is 14.5 Å². The summed E-state index contributed by atoms with van der Waals surface area (Å²) in [5.41, 5.74) is 2.57. The number of sulfone groups is 1. The minimum Gasteiger partial charge on any atom is -0.457 e. The lowest BCUT2D eigenvalue weighted by atomic mass is 9.86. The lowest BCUT2D eigenvalue weighted by molar-refractivity contribution is -0.132. The summed E-state index contributed by atoms with van der Waals surface area (Å²) in [7, 11) is -3.27. The first kappa shape index (κ1) is 22.1. The molecule has 1 aromatic heterocycles. The molecule has 35 heavy (non-hydrogen) atoms. The standard InChI is InChI=1S/C26H23N3O4S2/c1-35(31,32)17-10-11-20-23(16-17)34-26(27-20)29-14-12-28(13-15-29)25(30)24-18-6-2-4-8-21(18)33-22-9-5-3-7-19(22)24/h2-11,16,24H,12-15H2,1H3. The molecular formula is C26H23N3O4S2. The molecule has 0 bridgehead atoms. The van der Waals surface area contributed by atoms with Crippen molar-refractivity contribution in [1.82, 2.24) is 9.88 Å². The highest BCUT2D eigenvalue weighted by Crippen LogP contribution is 2.44. The van der Waals surface area contributed by atoms with Crippen LogP contribution in [0.1, 0.15) is 17.0 Å². The van der Waals surface area contributed by atoms with Crippen LogP contribution in [0.5, 0.6) is 11.5 Å². The number of hydrogen-bond acceptors (Lipinski definition) is 7. The molecule has 1 fully saturated rings. The molecule has 0 radical (unpaired) electrons. The summed E-state index contributed by atoms with van der Waals surface area (Å²) in [6.45, 7) is 2.50. The van der Waals surface area contributed by atoms with Gasteiger partial charge in [-0.1, -0.05) is 47.7 Å². The van der Waals surface area contributed by atoms with E-state index in [1.165, 1.54) is 17.6 Å². The van der Waals surface area contributed by atoms with E-state index < -0.39 is 9.84 Å². The fourth-order valence-electron chi connectivity index (χ4n) is 4.74. The number of carbonyl (C=O) groups excluding carboxylic acids is 1. The average Bonchev–Trinajstić information content (AvgIpc) is 3.30. The topological polar surface area (TPSA) is 79.8 Å². The molecule has 0 saturated carbocycles. The van der Waals surface area contributed by atoms with E-state index in [0.717, 1.165) is 38.0 Å². The van der Waals surface area contributed by atoms with Crippen molar-refractivity contribution in [2.75, 3.05) is 37.3 Å². The van der Waals surface area contributed by atoms with Gasteiger partial charge in [0.25, 0.3) is 0 Å². The number of rotatable bonds is 3. The molecular weight excluding hydrogens is 482 g/mol. The van der Waals surface area contributed by atoms with Gasteiger partial charge >= 0.3 is 0 Å². The molecule has 4 aromatic rings. The van der Waals surface area contributed by atoms with E-state index in [-0.39, 0.29) is 11.8 Å². The van der Waals surface area contributed by atoms with Crippen molar-refractivity contribution < 1.29 is 17.9 Å². The van der Waals surface area contributed by atoms with Gasteiger partial charge in [-0.25, -0.2) is 13.4 Å². The molecule has 9 heteroatoms. The number of aromatic nitrogens is 1. The molecule has 1 amide bonds. The first-order valence-corrected chi connectivity index (χ1v) is 14.1. The number of nitrogens with zero attached hydrogens (tertiary/aromatic N) is 3. The normalized spacial score (nSPS) is 16.0. The fourth-order valence-corrected chi connectivity index (χ4v) is 6.51. The first-order chi connectivity index (χ1) is 16.9. The van der Waals surface area contributed by atoms with Gasteiger partial charge in [0, 0.05) is 43.6 Å². The van der Waals surface area contributed by atoms with Crippen LogP contribution in [0.3, 0.4) is 0 Å². The van der Waals surface area contributed by atoms with Crippen LogP contribution in [0, 0.1) is 0 Å². The Morgan fingerprint density at radius 2 is 1.57 bits per heavy atom. The summed E-state index contributed by atoms with van der Waals surface area (Å²) in [5, 5.41) is 0.847. The van der Waals surface area contributed by atoms with Crippen LogP contribution in [0.2, 0.25) is 0 Å². The number of carbonyl (C=O) groups is 1. The third kappa shape index (κ3) is 3.94. The summed E-state index contributed by atoms with van der Waals surface area (Å²) in [4.78, 5) is 22.9. The molecule has 0 spiro atoms. The maximum Gasteiger partial charge on any atom is 0.234 e. The number of amides is 1. The van der Waals surface area contributed by atoms with Crippen molar-refractivity contribution in [3.8, 4) is 11.5 Å². The highest BCUT2D eigenvalue weighted by atomic mass is 32.2. The van der Waals surface area contributed by atoms with E-state index in [4.69, 9.17) is 9.72 Å². The van der Waals surface area contributed by atoms with Crippen molar-refractivity contribution in [2.24, 2.45) is 0 Å². The van der Waals surface area contributed by atoms with E-state index >= 15 is 0 Å². The smallest absolute Gasteiger partial charge is 0.234 e. The van der Waals surface area contributed by atoms with Gasteiger partial charge in [0.1, 0.15) is 11.5 Å². The second kappa shape index (κ2) is 8.35. The van der Waals surface area contributed by atoms with Crippen LogP contribution in [0.15, 0.2) is 71.6 Å². The average molecular weight is 506 g/mol. The van der Waals surface area contributed by atoms with Gasteiger partial charge in [0.15, 0.2) is 15.0 Å². The highest BCUT2D eigenvalue weighted by molar-refractivity contribution is 7.90. The quantitative estimate of drug-likeness (QED) is 0.413. The maximum atomic E-state index is 13.8. The molecule has 0 atom stereocenters. The fraction of sp³-hybridized carbons (Fsp3) is 0.231. The molecule has 0 aliphatic carbocycles. The van der Waals surface area contributed by atoms with Crippen molar-refractivity contribution in [1.29, 1.82) is 0 Å². The predicted octanol–water partition coefficient (Wildman–Crippen LogP) is 4.29. The van der Waals surface area contributed by atoms with Crippen LogP contribution in [0.25, 0.3) is 10.2 Å². The summed E-state index contributed by atoms with van der Waals surface area (Å²) in [6.07, 6.45) is 1.21. The van der Waals surface area contributed by atoms with Crippen LogP contribution >= 0.6 is 11.3 Å². The van der Waals surface area contributed by atoms with Crippen LogP contribution in [-0.2, 0) is 14.6 Å². The van der Waals surface area contributed by atoms with Crippen molar-refractivity contribution in [2.45, 2.75) is 10.8 Å². The van der Waals surface area contributed by atoms with Gasteiger partial charge in [-0.3, -0.25) is 4.79 Å². The Labute approximate surface area is 207 Å². The van der Waals surface area contributed by atoms with Crippen molar-refractivity contribution in [3.63, 3.8) is 0 Å². The minimum atomic E-state index is -3.27. The zero-order chi connectivity index (χ0) is 24.2. The van der Waals surface area contributed by atoms with E-state index in [1.54, 1.807) is 18.2 Å². The molecule has 3 aromatic carbocycles. The van der Waals surface area contributed by atoms with Crippen molar-refractivity contribution in [3.05, 3.63) is 77.9 Å². The summed E-state index contributed by atoms with van der Waals surface area (Å²) in [5.74, 6) is 1.15. The number of piperazine rings is 1. The molecule has 0 unspecified atom stereocenters. The minimum absolute atomic E-state index is 0.0787. The van der Waals surface area contributed by atoms with Crippen LogP contribution in [-0.4, -0.2) is 56.6 Å². The number of anilines is 1. The van der Waals surface area contributed by atoms with Crippen molar-refractivity contribution >= 4 is 42.4 Å². The zero-order valence-corrected chi connectivity index (χ0v) is 20.7. The second-order valence-corrected chi connectivity index (χ2v) is 11.8. The van der Waals surface area contributed by atoms with E-state index in [9.17, 15) is 13.2 Å². The second-order valence-electron chi connectivity index (χ2n) is 8.82. The molecule has 3 heterocycles. The monoisotopic (exact) mass is 505 g/mol. The SMILES string of the molecule is CS(=O)(=O)c1ccc2nc(N3CCN(C(=O)C4c5ccccc5Oc5ccccc54)CC3)sc2c1. The molecule has 6 rings (SSSR count). The third-order valence-corrected chi connectivity index (χ3v) is 8.75. The number of benzene rings is 3. The van der Waals surface area contributed by atoms with Gasteiger partial charge in [0.05, 0.1) is 21.0 Å². The number of ether oxygens (including phenoxy) is 1. The first-order valence-electron chi connectivity index (χ1n) is 11.4. The number of para-hydroxylation sites is 2. The molecule has 7 nitrogen and oxygen atoms in total. The van der Waals surface area contributed by atoms with Gasteiger partial charge in [-0.05, 0) is 30.3 Å².